The van der Waals surface area contributed by atoms with Crippen molar-refractivity contribution in [3.63, 3.8) is 0 Å². The zero-order valence-corrected chi connectivity index (χ0v) is 9.14. The molecule has 0 unspecified atom stereocenters. The minimum Gasteiger partial charge on any atom is -0.312 e. The van der Waals surface area contributed by atoms with E-state index < -0.39 is 0 Å². The summed E-state index contributed by atoms with van der Waals surface area (Å²) >= 11 is 0. The Morgan fingerprint density at radius 3 is 1.50 bits per heavy atom. The molecule has 0 aliphatic heterocycles. The Labute approximate surface area is 77.7 Å². The molecular weight excluding hydrogens is 149 g/mol. The number of hydrogen-bond acceptors (Lipinski definition) is 2. The van der Waals surface area contributed by atoms with Crippen LogP contribution in [-0.4, -0.2) is 39.7 Å². The first-order chi connectivity index (χ1) is 5.21. The van der Waals surface area contributed by atoms with Crippen LogP contribution in [0.2, 0.25) is 6.32 Å². The largest absolute Gasteiger partial charge is 0.312 e. The van der Waals surface area contributed by atoms with E-state index in [0.717, 1.165) is 0 Å². The van der Waals surface area contributed by atoms with Gasteiger partial charge in [-0.25, -0.2) is 0 Å². The van der Waals surface area contributed by atoms with Gasteiger partial charge in [0.05, 0.1) is 7.85 Å². The molecule has 0 N–H and O–H groups in total. The lowest BCUT2D eigenvalue weighted by molar-refractivity contribution is -0.123. The van der Waals surface area contributed by atoms with E-state index in [4.69, 9.17) is 7.85 Å². The third kappa shape index (κ3) is 12.4. The molecule has 0 amide bonds. The van der Waals surface area contributed by atoms with Crippen LogP contribution in [0, 0.1) is 5.41 Å². The monoisotopic (exact) mass is 169 g/mol. The summed E-state index contributed by atoms with van der Waals surface area (Å²) in [5.41, 5.74) is -0.255. The van der Waals surface area contributed by atoms with Gasteiger partial charge in [0.1, 0.15) is 5.78 Å². The summed E-state index contributed by atoms with van der Waals surface area (Å²) in [6.45, 7) is 5.59. The highest BCUT2D eigenvalue weighted by atomic mass is 16.1. The van der Waals surface area contributed by atoms with Crippen molar-refractivity contribution in [2.45, 2.75) is 27.1 Å². The molecular formula is C9H20BNO. The van der Waals surface area contributed by atoms with E-state index in [1.165, 1.54) is 0 Å². The van der Waals surface area contributed by atoms with Gasteiger partial charge in [-0.15, -0.1) is 0 Å². The van der Waals surface area contributed by atoms with E-state index in [0.29, 0.717) is 0 Å². The minimum absolute atomic E-state index is 0.109. The minimum atomic E-state index is -0.255. The van der Waals surface area contributed by atoms with Gasteiger partial charge in [0, 0.05) is 5.41 Å². The first kappa shape index (κ1) is 14.2. The highest BCUT2D eigenvalue weighted by molar-refractivity contribution is 6.21. The van der Waals surface area contributed by atoms with Gasteiger partial charge in [0.15, 0.2) is 0 Å². The van der Waals surface area contributed by atoms with E-state index in [1.54, 1.807) is 0 Å². The molecule has 0 aliphatic rings. The van der Waals surface area contributed by atoms with E-state index >= 15 is 0 Å². The second kappa shape index (κ2) is 6.24. The molecule has 70 valence electrons. The van der Waals surface area contributed by atoms with Crippen LogP contribution in [0.1, 0.15) is 20.8 Å². The van der Waals surface area contributed by atoms with Gasteiger partial charge in [0.2, 0.25) is 0 Å². The maximum Gasteiger partial charge on any atom is 0.129 e. The SMILES string of the molecule is CN(C)C.[B]CC(=O)C(C)(C)C. The molecule has 0 saturated carbocycles. The lowest BCUT2D eigenvalue weighted by atomic mass is 9.83. The molecule has 0 aliphatic carbocycles. The average Bonchev–Trinajstić information content (AvgIpc) is 1.82. The van der Waals surface area contributed by atoms with Crippen molar-refractivity contribution in [3.05, 3.63) is 0 Å². The fourth-order valence-electron chi connectivity index (χ4n) is 0.306. The van der Waals surface area contributed by atoms with Crippen molar-refractivity contribution in [1.29, 1.82) is 0 Å². The topological polar surface area (TPSA) is 20.3 Å². The molecule has 3 heteroatoms. The Morgan fingerprint density at radius 1 is 1.25 bits per heavy atom. The zero-order chi connectivity index (χ0) is 10.4. The van der Waals surface area contributed by atoms with Crippen molar-refractivity contribution in [2.24, 2.45) is 5.41 Å². The average molecular weight is 169 g/mol. The molecule has 0 aromatic heterocycles. The molecule has 2 radical (unpaired) electrons. The van der Waals surface area contributed by atoms with Crippen LogP contribution in [0.4, 0.5) is 0 Å². The zero-order valence-electron chi connectivity index (χ0n) is 9.14. The molecule has 0 fully saturated rings. The van der Waals surface area contributed by atoms with Crippen molar-refractivity contribution in [2.75, 3.05) is 21.1 Å². The molecule has 0 heterocycles. The van der Waals surface area contributed by atoms with Gasteiger partial charge in [-0.1, -0.05) is 20.8 Å². The van der Waals surface area contributed by atoms with Crippen LogP contribution in [-0.2, 0) is 4.79 Å². The number of ketones is 1. The van der Waals surface area contributed by atoms with Gasteiger partial charge >= 0.3 is 0 Å². The summed E-state index contributed by atoms with van der Waals surface area (Å²) in [4.78, 5) is 12.7. The van der Waals surface area contributed by atoms with Crippen LogP contribution in [0.3, 0.4) is 0 Å². The molecule has 0 rings (SSSR count). The number of rotatable bonds is 1. The molecule has 0 aromatic rings. The van der Waals surface area contributed by atoms with Crippen LogP contribution < -0.4 is 0 Å². The summed E-state index contributed by atoms with van der Waals surface area (Å²) < 4.78 is 0. The van der Waals surface area contributed by atoms with Gasteiger partial charge < -0.3 is 4.90 Å². The normalized spacial score (nSPS) is 10.6. The Hall–Kier alpha value is -0.305. The van der Waals surface area contributed by atoms with E-state index in [2.05, 4.69) is 0 Å². The van der Waals surface area contributed by atoms with Gasteiger partial charge in [-0.2, -0.15) is 0 Å². The maximum atomic E-state index is 10.7. The highest BCUT2D eigenvalue weighted by Crippen LogP contribution is 2.15. The van der Waals surface area contributed by atoms with E-state index in [1.807, 2.05) is 46.8 Å². The molecule has 0 aromatic carbocycles. The molecule has 0 saturated heterocycles. The molecule has 0 atom stereocenters. The molecule has 0 bridgehead atoms. The van der Waals surface area contributed by atoms with Crippen LogP contribution in [0.5, 0.6) is 0 Å². The van der Waals surface area contributed by atoms with Gasteiger partial charge in [-0.05, 0) is 27.5 Å². The van der Waals surface area contributed by atoms with Gasteiger partial charge in [-0.3, -0.25) is 4.79 Å². The molecule has 2 nitrogen and oxygen atoms in total. The quantitative estimate of drug-likeness (QED) is 0.552. The van der Waals surface area contributed by atoms with Crippen LogP contribution in [0.15, 0.2) is 0 Å². The highest BCUT2D eigenvalue weighted by Gasteiger charge is 2.17. The third-order valence-electron chi connectivity index (χ3n) is 1.02. The summed E-state index contributed by atoms with van der Waals surface area (Å²) in [7, 11) is 11.1. The lowest BCUT2D eigenvalue weighted by Gasteiger charge is -2.14. The smallest absolute Gasteiger partial charge is 0.129 e. The molecule has 12 heavy (non-hydrogen) atoms. The number of hydrogen-bond donors (Lipinski definition) is 0. The number of Topliss-reactive ketones (excluding diaryl/α,β-unsaturated/α-hetero) is 1. The van der Waals surface area contributed by atoms with Crippen molar-refractivity contribution in [1.82, 2.24) is 4.90 Å². The number of carbonyl (C=O) groups is 1. The Bertz CT molecular complexity index is 124. The standard InChI is InChI=1S/C6H11BO.C3H9N/c1-6(2,3)5(8)4-7;1-4(2)3/h4H2,1-3H3;1-3H3. The Balaban J connectivity index is 0. The van der Waals surface area contributed by atoms with Crippen LogP contribution >= 0.6 is 0 Å². The van der Waals surface area contributed by atoms with Crippen LogP contribution in [0.25, 0.3) is 0 Å². The predicted octanol–water partition coefficient (Wildman–Crippen LogP) is 1.37. The fraction of sp³-hybridized carbons (Fsp3) is 0.889. The second-order valence-electron chi connectivity index (χ2n) is 4.22. The van der Waals surface area contributed by atoms with Crippen molar-refractivity contribution >= 4 is 13.6 Å². The Kier molecular flexibility index (Phi) is 7.40. The van der Waals surface area contributed by atoms with E-state index in [9.17, 15) is 4.79 Å². The summed E-state index contributed by atoms with van der Waals surface area (Å²) in [5, 5.41) is 0. The number of nitrogens with zero attached hydrogens (tertiary/aromatic N) is 1. The summed E-state index contributed by atoms with van der Waals surface area (Å²) in [6, 6.07) is 0. The van der Waals surface area contributed by atoms with Gasteiger partial charge in [0.25, 0.3) is 0 Å². The molecule has 0 spiro atoms. The number of carbonyl (C=O) groups excluding carboxylic acids is 1. The second-order valence-corrected chi connectivity index (χ2v) is 4.22. The fourth-order valence-corrected chi connectivity index (χ4v) is 0.306. The summed E-state index contributed by atoms with van der Waals surface area (Å²) in [5.74, 6) is 0.109. The maximum absolute atomic E-state index is 10.7. The van der Waals surface area contributed by atoms with E-state index in [-0.39, 0.29) is 17.5 Å². The predicted molar refractivity (Wildman–Crippen MR) is 54.6 cm³/mol. The lowest BCUT2D eigenvalue weighted by Crippen LogP contribution is -2.18. The first-order valence-electron chi connectivity index (χ1n) is 4.06. The third-order valence-corrected chi connectivity index (χ3v) is 1.02. The summed E-state index contributed by atoms with van der Waals surface area (Å²) in [6.07, 6.45) is 0.156. The van der Waals surface area contributed by atoms with Crippen molar-refractivity contribution in [3.8, 4) is 0 Å². The first-order valence-corrected chi connectivity index (χ1v) is 4.06. The van der Waals surface area contributed by atoms with Crippen molar-refractivity contribution < 1.29 is 4.79 Å². The Morgan fingerprint density at radius 2 is 1.50 bits per heavy atom.